The minimum Gasteiger partial charge on any atom is -0.493 e. The van der Waals surface area contributed by atoms with Crippen molar-refractivity contribution in [2.24, 2.45) is 10.9 Å². The standard InChI is InChI=1S/C23H20ClF4NO4/c1-12(14-7-8-17(24)19(25)20(14)32-3)13(2)22(31,23(26,27)28)11-29-18-6-4-5-16-15(18)9-10-33-21(16)30/h4-13,31H,1-3H3/b29-11+. The van der Waals surface area contributed by atoms with Gasteiger partial charge in [-0.15, -0.1) is 0 Å². The molecule has 2 aromatic carbocycles. The van der Waals surface area contributed by atoms with Crippen LogP contribution in [-0.4, -0.2) is 30.2 Å². The fraction of sp³-hybridized carbons (Fsp3) is 0.304. The highest BCUT2D eigenvalue weighted by Crippen LogP contribution is 2.45. The first-order valence-electron chi connectivity index (χ1n) is 9.79. The monoisotopic (exact) mass is 485 g/mol. The van der Waals surface area contributed by atoms with Crippen molar-refractivity contribution >= 4 is 34.3 Å². The summed E-state index contributed by atoms with van der Waals surface area (Å²) in [5.74, 6) is -3.75. The molecule has 1 aromatic heterocycles. The Kier molecular flexibility index (Phi) is 6.85. The molecule has 3 rings (SSSR count). The summed E-state index contributed by atoms with van der Waals surface area (Å²) >= 11 is 5.75. The zero-order chi connectivity index (χ0) is 24.6. The van der Waals surface area contributed by atoms with Crippen molar-refractivity contribution in [3.63, 3.8) is 0 Å². The van der Waals surface area contributed by atoms with Crippen LogP contribution < -0.4 is 10.4 Å². The van der Waals surface area contributed by atoms with Crippen molar-refractivity contribution < 1.29 is 31.8 Å². The molecule has 0 fully saturated rings. The van der Waals surface area contributed by atoms with Gasteiger partial charge in [0.15, 0.2) is 17.2 Å². The average Bonchev–Trinajstić information content (AvgIpc) is 2.77. The SMILES string of the molecule is COc1c(C(C)C(C)C(O)(/C=N/c2cccc3c(=O)occc23)C(F)(F)F)ccc(Cl)c1F. The minimum absolute atomic E-state index is 0.0399. The second-order valence-electron chi connectivity index (χ2n) is 7.59. The molecular formula is C23H20ClF4NO4. The number of methoxy groups -OCH3 is 1. The molecule has 3 aromatic rings. The van der Waals surface area contributed by atoms with Gasteiger partial charge in [-0.05, 0) is 30.2 Å². The van der Waals surface area contributed by atoms with Gasteiger partial charge in [0.05, 0.1) is 29.5 Å². The fourth-order valence-electron chi connectivity index (χ4n) is 3.63. The van der Waals surface area contributed by atoms with Gasteiger partial charge in [-0.1, -0.05) is 37.6 Å². The van der Waals surface area contributed by atoms with Gasteiger partial charge in [0.1, 0.15) is 0 Å². The van der Waals surface area contributed by atoms with E-state index in [1.54, 1.807) is 0 Å². The molecule has 3 atom stereocenters. The molecule has 0 saturated heterocycles. The first-order valence-corrected chi connectivity index (χ1v) is 10.2. The van der Waals surface area contributed by atoms with Gasteiger partial charge in [0, 0.05) is 23.1 Å². The number of alkyl halides is 3. The number of aliphatic imine (C=N–C) groups is 1. The largest absolute Gasteiger partial charge is 0.493 e. The van der Waals surface area contributed by atoms with E-state index in [1.807, 2.05) is 0 Å². The molecule has 0 bridgehead atoms. The van der Waals surface area contributed by atoms with Crippen LogP contribution in [0.25, 0.3) is 10.8 Å². The van der Waals surface area contributed by atoms with Crippen LogP contribution in [0.4, 0.5) is 23.2 Å². The van der Waals surface area contributed by atoms with Crippen molar-refractivity contribution in [2.75, 3.05) is 7.11 Å². The first-order chi connectivity index (χ1) is 15.4. The van der Waals surface area contributed by atoms with Crippen LogP contribution >= 0.6 is 11.6 Å². The Balaban J connectivity index is 2.08. The number of nitrogens with zero attached hydrogens (tertiary/aromatic N) is 1. The van der Waals surface area contributed by atoms with E-state index >= 15 is 0 Å². The van der Waals surface area contributed by atoms with Crippen LogP contribution in [-0.2, 0) is 0 Å². The lowest BCUT2D eigenvalue weighted by molar-refractivity contribution is -0.246. The summed E-state index contributed by atoms with van der Waals surface area (Å²) in [7, 11) is 1.17. The van der Waals surface area contributed by atoms with E-state index in [9.17, 15) is 27.5 Å². The van der Waals surface area contributed by atoms with Crippen LogP contribution in [0.2, 0.25) is 5.02 Å². The lowest BCUT2D eigenvalue weighted by Crippen LogP contribution is -2.53. The number of hydrogen-bond acceptors (Lipinski definition) is 5. The molecule has 33 heavy (non-hydrogen) atoms. The summed E-state index contributed by atoms with van der Waals surface area (Å²) in [6.45, 7) is 2.58. The Bertz CT molecular complexity index is 1260. The van der Waals surface area contributed by atoms with Gasteiger partial charge in [-0.3, -0.25) is 4.99 Å². The molecular weight excluding hydrogens is 466 g/mol. The number of hydrogen-bond donors (Lipinski definition) is 1. The summed E-state index contributed by atoms with van der Waals surface area (Å²) in [5.41, 5.74) is -3.92. The van der Waals surface area contributed by atoms with Gasteiger partial charge >= 0.3 is 11.8 Å². The summed E-state index contributed by atoms with van der Waals surface area (Å²) < 4.78 is 66.5. The molecule has 0 spiro atoms. The second-order valence-corrected chi connectivity index (χ2v) is 8.00. The summed E-state index contributed by atoms with van der Waals surface area (Å²) in [4.78, 5) is 15.7. The molecule has 3 unspecified atom stereocenters. The first kappa shape index (κ1) is 24.7. The topological polar surface area (TPSA) is 72.0 Å². The Labute approximate surface area is 191 Å². The highest BCUT2D eigenvalue weighted by molar-refractivity contribution is 6.30. The van der Waals surface area contributed by atoms with Crippen LogP contribution in [0.1, 0.15) is 25.3 Å². The molecule has 0 saturated carbocycles. The van der Waals surface area contributed by atoms with Gasteiger partial charge in [-0.25, -0.2) is 9.18 Å². The van der Waals surface area contributed by atoms with Crippen molar-refractivity contribution in [3.8, 4) is 5.75 Å². The van der Waals surface area contributed by atoms with E-state index in [2.05, 4.69) is 4.99 Å². The summed E-state index contributed by atoms with van der Waals surface area (Å²) in [5, 5.41) is 11.0. The second kappa shape index (κ2) is 9.15. The van der Waals surface area contributed by atoms with E-state index < -0.39 is 35.1 Å². The van der Waals surface area contributed by atoms with Crippen LogP contribution in [0.3, 0.4) is 0 Å². The summed E-state index contributed by atoms with van der Waals surface area (Å²) in [6.07, 6.45) is -3.62. The molecule has 5 nitrogen and oxygen atoms in total. The Morgan fingerprint density at radius 1 is 1.15 bits per heavy atom. The van der Waals surface area contributed by atoms with Crippen LogP contribution in [0.15, 0.2) is 56.9 Å². The van der Waals surface area contributed by atoms with Gasteiger partial charge in [-0.2, -0.15) is 13.2 Å². The number of aliphatic hydroxyl groups is 1. The third-order valence-corrected chi connectivity index (χ3v) is 6.08. The number of ether oxygens (including phenoxy) is 1. The van der Waals surface area contributed by atoms with Crippen molar-refractivity contribution in [2.45, 2.75) is 31.5 Å². The van der Waals surface area contributed by atoms with Crippen molar-refractivity contribution in [1.82, 2.24) is 0 Å². The lowest BCUT2D eigenvalue weighted by atomic mass is 9.76. The lowest BCUT2D eigenvalue weighted by Gasteiger charge is -2.36. The van der Waals surface area contributed by atoms with E-state index in [0.29, 0.717) is 6.21 Å². The van der Waals surface area contributed by atoms with Crippen molar-refractivity contribution in [1.29, 1.82) is 0 Å². The zero-order valence-electron chi connectivity index (χ0n) is 17.8. The van der Waals surface area contributed by atoms with Gasteiger partial charge in [0.2, 0.25) is 0 Å². The van der Waals surface area contributed by atoms with E-state index in [0.717, 1.165) is 6.26 Å². The van der Waals surface area contributed by atoms with Crippen LogP contribution in [0.5, 0.6) is 5.75 Å². The van der Waals surface area contributed by atoms with E-state index in [1.165, 1.54) is 57.4 Å². The van der Waals surface area contributed by atoms with E-state index in [4.69, 9.17) is 20.8 Å². The molecule has 0 aliphatic heterocycles. The number of rotatable bonds is 6. The molecule has 0 aliphatic rings. The highest BCUT2D eigenvalue weighted by Gasteiger charge is 2.57. The summed E-state index contributed by atoms with van der Waals surface area (Å²) in [6, 6.07) is 8.24. The average molecular weight is 486 g/mol. The highest BCUT2D eigenvalue weighted by atomic mass is 35.5. The number of benzene rings is 2. The normalized spacial score (nSPS) is 16.0. The van der Waals surface area contributed by atoms with E-state index in [-0.39, 0.29) is 32.8 Å². The maximum atomic E-state index is 14.4. The van der Waals surface area contributed by atoms with Gasteiger partial charge in [0.25, 0.3) is 0 Å². The predicted octanol–water partition coefficient (Wildman–Crippen LogP) is 6.03. The Morgan fingerprint density at radius 2 is 1.85 bits per heavy atom. The predicted molar refractivity (Wildman–Crippen MR) is 117 cm³/mol. The molecule has 0 radical (unpaired) electrons. The molecule has 0 amide bonds. The van der Waals surface area contributed by atoms with Crippen LogP contribution in [0, 0.1) is 11.7 Å². The minimum atomic E-state index is -5.12. The van der Waals surface area contributed by atoms with Gasteiger partial charge < -0.3 is 14.3 Å². The maximum Gasteiger partial charge on any atom is 0.422 e. The van der Waals surface area contributed by atoms with Crippen molar-refractivity contribution in [3.05, 3.63) is 69.5 Å². The molecule has 176 valence electrons. The molecule has 1 N–H and O–H groups in total. The Hall–Kier alpha value is -2.91. The number of halogens is 5. The molecule has 0 aliphatic carbocycles. The number of fused-ring (bicyclic) bond motifs is 1. The third-order valence-electron chi connectivity index (χ3n) is 5.79. The zero-order valence-corrected chi connectivity index (χ0v) is 18.5. The quantitative estimate of drug-likeness (QED) is 0.342. The molecule has 10 heteroatoms. The Morgan fingerprint density at radius 3 is 2.48 bits per heavy atom. The maximum absolute atomic E-state index is 14.4. The fourth-order valence-corrected chi connectivity index (χ4v) is 3.78. The molecule has 1 heterocycles. The third kappa shape index (κ3) is 4.47. The smallest absolute Gasteiger partial charge is 0.422 e.